The lowest BCUT2D eigenvalue weighted by molar-refractivity contribution is -0.144. The van der Waals surface area contributed by atoms with Crippen LogP contribution in [0.1, 0.15) is 25.3 Å². The molecule has 1 atom stereocenters. The maximum Gasteiger partial charge on any atom is 0.248 e. The SMILES string of the molecule is CCNC(=O)[C@]1(Cc2ccccc2-c2cccs2)CCCN(C(=O)COC)C1. The van der Waals surface area contributed by atoms with Crippen LogP contribution in [0.25, 0.3) is 10.4 Å². The van der Waals surface area contributed by atoms with Gasteiger partial charge in [0.15, 0.2) is 0 Å². The first-order valence-electron chi connectivity index (χ1n) is 9.76. The van der Waals surface area contributed by atoms with E-state index in [2.05, 4.69) is 28.9 Å². The molecule has 1 N–H and O–H groups in total. The van der Waals surface area contributed by atoms with Gasteiger partial charge in [-0.3, -0.25) is 9.59 Å². The number of likely N-dealkylation sites (tertiary alicyclic amines) is 1. The molecule has 1 aromatic carbocycles. The summed E-state index contributed by atoms with van der Waals surface area (Å²) < 4.78 is 5.03. The number of carbonyl (C=O) groups is 2. The highest BCUT2D eigenvalue weighted by atomic mass is 32.1. The summed E-state index contributed by atoms with van der Waals surface area (Å²) in [4.78, 5) is 28.6. The van der Waals surface area contributed by atoms with E-state index in [9.17, 15) is 9.59 Å². The van der Waals surface area contributed by atoms with Crippen molar-refractivity contribution in [3.05, 3.63) is 47.3 Å². The molecule has 1 aliphatic heterocycles. The number of carbonyl (C=O) groups excluding carboxylic acids is 2. The Hall–Kier alpha value is -2.18. The highest BCUT2D eigenvalue weighted by Crippen LogP contribution is 2.38. The summed E-state index contributed by atoms with van der Waals surface area (Å²) in [5, 5.41) is 5.08. The molecule has 0 spiro atoms. The van der Waals surface area contributed by atoms with Gasteiger partial charge in [0.2, 0.25) is 11.8 Å². The quantitative estimate of drug-likeness (QED) is 0.775. The van der Waals surface area contributed by atoms with Crippen LogP contribution in [0.2, 0.25) is 0 Å². The summed E-state index contributed by atoms with van der Waals surface area (Å²) in [7, 11) is 1.52. The van der Waals surface area contributed by atoms with Gasteiger partial charge in [-0.25, -0.2) is 0 Å². The first kappa shape index (κ1) is 20.6. The number of methoxy groups -OCH3 is 1. The van der Waals surface area contributed by atoms with Crippen LogP contribution in [0.15, 0.2) is 41.8 Å². The number of piperidine rings is 1. The third-order valence-electron chi connectivity index (χ3n) is 5.35. The molecule has 1 aromatic heterocycles. The van der Waals surface area contributed by atoms with E-state index in [1.54, 1.807) is 16.2 Å². The molecule has 150 valence electrons. The number of benzene rings is 1. The zero-order valence-corrected chi connectivity index (χ0v) is 17.4. The Kier molecular flexibility index (Phi) is 6.86. The number of rotatable bonds is 7. The van der Waals surface area contributed by atoms with Crippen LogP contribution < -0.4 is 5.32 Å². The molecule has 0 aliphatic carbocycles. The molecule has 28 heavy (non-hydrogen) atoms. The van der Waals surface area contributed by atoms with E-state index < -0.39 is 5.41 Å². The summed E-state index contributed by atoms with van der Waals surface area (Å²) in [5.74, 6) is -0.0201. The third-order valence-corrected chi connectivity index (χ3v) is 6.25. The van der Waals surface area contributed by atoms with Gasteiger partial charge in [-0.1, -0.05) is 30.3 Å². The zero-order valence-electron chi connectivity index (χ0n) is 16.6. The highest BCUT2D eigenvalue weighted by Gasteiger charge is 2.43. The fraction of sp³-hybridized carbons (Fsp3) is 0.455. The van der Waals surface area contributed by atoms with Gasteiger partial charge < -0.3 is 15.0 Å². The predicted molar refractivity (Wildman–Crippen MR) is 112 cm³/mol. The molecule has 0 saturated carbocycles. The van der Waals surface area contributed by atoms with E-state index in [0.29, 0.717) is 26.1 Å². The van der Waals surface area contributed by atoms with Crippen LogP contribution >= 0.6 is 11.3 Å². The van der Waals surface area contributed by atoms with Crippen molar-refractivity contribution >= 4 is 23.2 Å². The van der Waals surface area contributed by atoms with E-state index >= 15 is 0 Å². The van der Waals surface area contributed by atoms with Crippen LogP contribution in [0, 0.1) is 5.41 Å². The van der Waals surface area contributed by atoms with Gasteiger partial charge in [0, 0.05) is 31.6 Å². The lowest BCUT2D eigenvalue weighted by Crippen LogP contribution is -2.55. The Balaban J connectivity index is 1.94. The van der Waals surface area contributed by atoms with Crippen molar-refractivity contribution in [2.75, 3.05) is 33.4 Å². The van der Waals surface area contributed by atoms with Crippen molar-refractivity contribution in [2.24, 2.45) is 5.41 Å². The Bertz CT molecular complexity index is 806. The van der Waals surface area contributed by atoms with E-state index in [1.165, 1.54) is 17.6 Å². The minimum atomic E-state index is -0.620. The fourth-order valence-electron chi connectivity index (χ4n) is 4.03. The number of ether oxygens (including phenoxy) is 1. The lowest BCUT2D eigenvalue weighted by atomic mass is 9.73. The predicted octanol–water partition coefficient (Wildman–Crippen LogP) is 3.35. The minimum absolute atomic E-state index is 0.0332. The van der Waals surface area contributed by atoms with E-state index in [0.717, 1.165) is 18.4 Å². The van der Waals surface area contributed by atoms with Crippen molar-refractivity contribution in [3.63, 3.8) is 0 Å². The monoisotopic (exact) mass is 400 g/mol. The second-order valence-electron chi connectivity index (χ2n) is 7.30. The molecule has 5 nitrogen and oxygen atoms in total. The van der Waals surface area contributed by atoms with E-state index in [1.807, 2.05) is 25.1 Å². The van der Waals surface area contributed by atoms with Crippen molar-refractivity contribution in [1.29, 1.82) is 0 Å². The minimum Gasteiger partial charge on any atom is -0.375 e. The molecule has 0 bridgehead atoms. The Labute approximate surface area is 170 Å². The molecule has 3 rings (SSSR count). The summed E-state index contributed by atoms with van der Waals surface area (Å²) in [6.07, 6.45) is 2.20. The largest absolute Gasteiger partial charge is 0.375 e. The summed E-state index contributed by atoms with van der Waals surface area (Å²) in [5.41, 5.74) is 1.70. The molecule has 1 fully saturated rings. The second kappa shape index (κ2) is 9.34. The summed E-state index contributed by atoms with van der Waals surface area (Å²) in [6.45, 7) is 3.67. The maximum atomic E-state index is 13.2. The first-order valence-corrected chi connectivity index (χ1v) is 10.6. The lowest BCUT2D eigenvalue weighted by Gasteiger charge is -2.42. The van der Waals surface area contributed by atoms with Crippen LogP contribution in [0.3, 0.4) is 0 Å². The van der Waals surface area contributed by atoms with E-state index in [4.69, 9.17) is 4.74 Å². The normalized spacial score (nSPS) is 19.4. The topological polar surface area (TPSA) is 58.6 Å². The van der Waals surface area contributed by atoms with Gasteiger partial charge in [-0.2, -0.15) is 0 Å². The smallest absolute Gasteiger partial charge is 0.248 e. The van der Waals surface area contributed by atoms with Gasteiger partial charge in [-0.15, -0.1) is 11.3 Å². The molecule has 1 aliphatic rings. The maximum absolute atomic E-state index is 13.2. The van der Waals surface area contributed by atoms with Gasteiger partial charge in [0.05, 0.1) is 5.41 Å². The van der Waals surface area contributed by atoms with Crippen molar-refractivity contribution in [2.45, 2.75) is 26.2 Å². The van der Waals surface area contributed by atoms with Gasteiger partial charge >= 0.3 is 0 Å². The number of nitrogens with zero attached hydrogens (tertiary/aromatic N) is 1. The number of hydrogen-bond acceptors (Lipinski definition) is 4. The van der Waals surface area contributed by atoms with Crippen molar-refractivity contribution < 1.29 is 14.3 Å². The fourth-order valence-corrected chi connectivity index (χ4v) is 4.82. The van der Waals surface area contributed by atoms with Crippen LogP contribution in [0.5, 0.6) is 0 Å². The summed E-state index contributed by atoms with van der Waals surface area (Å²) in [6, 6.07) is 12.4. The molecule has 0 unspecified atom stereocenters. The average molecular weight is 401 g/mol. The third kappa shape index (κ3) is 4.45. The zero-order chi connectivity index (χ0) is 20.0. The van der Waals surface area contributed by atoms with Gasteiger partial charge in [0.1, 0.15) is 6.61 Å². The van der Waals surface area contributed by atoms with E-state index in [-0.39, 0.29) is 18.4 Å². The standard InChI is InChI=1S/C22H28N2O3S/c1-3-23-21(26)22(11-7-12-24(16-22)20(25)15-27-2)14-17-8-4-5-9-18(17)19-10-6-13-28-19/h4-6,8-10,13H,3,7,11-12,14-16H2,1-2H3,(H,23,26)/t22-/m0/s1. The Morgan fingerprint density at radius 3 is 2.79 bits per heavy atom. The molecular weight excluding hydrogens is 372 g/mol. The number of nitrogens with one attached hydrogen (secondary N) is 1. The molecule has 1 saturated heterocycles. The number of hydrogen-bond donors (Lipinski definition) is 1. The Morgan fingerprint density at radius 2 is 2.07 bits per heavy atom. The highest BCUT2D eigenvalue weighted by molar-refractivity contribution is 7.13. The van der Waals surface area contributed by atoms with Gasteiger partial charge in [0.25, 0.3) is 0 Å². The molecule has 6 heteroatoms. The Morgan fingerprint density at radius 1 is 1.25 bits per heavy atom. The summed E-state index contributed by atoms with van der Waals surface area (Å²) >= 11 is 1.70. The van der Waals surface area contributed by atoms with Crippen LogP contribution in [-0.4, -0.2) is 50.1 Å². The second-order valence-corrected chi connectivity index (χ2v) is 8.25. The van der Waals surface area contributed by atoms with Gasteiger partial charge in [-0.05, 0) is 48.8 Å². The molecular formula is C22H28N2O3S. The van der Waals surface area contributed by atoms with Crippen molar-refractivity contribution in [3.8, 4) is 10.4 Å². The molecule has 2 aromatic rings. The first-order chi connectivity index (χ1) is 13.6. The number of amides is 2. The molecule has 0 radical (unpaired) electrons. The molecule has 2 heterocycles. The number of thiophene rings is 1. The van der Waals surface area contributed by atoms with Crippen LogP contribution in [0.4, 0.5) is 0 Å². The van der Waals surface area contributed by atoms with Crippen molar-refractivity contribution in [1.82, 2.24) is 10.2 Å². The average Bonchev–Trinajstić information content (AvgIpc) is 3.23. The molecule has 2 amide bonds. The van der Waals surface area contributed by atoms with Crippen LogP contribution in [-0.2, 0) is 20.7 Å².